The highest BCUT2D eigenvalue weighted by molar-refractivity contribution is 7.87. The average molecular weight is 289 g/mol. The Balaban J connectivity index is 1.91. The van der Waals surface area contributed by atoms with Crippen molar-refractivity contribution in [1.29, 1.82) is 0 Å². The van der Waals surface area contributed by atoms with Gasteiger partial charge in [0.2, 0.25) is 5.91 Å². The maximum absolute atomic E-state index is 12.3. The van der Waals surface area contributed by atoms with Gasteiger partial charge in [-0.2, -0.15) is 17.4 Å². The van der Waals surface area contributed by atoms with E-state index in [4.69, 9.17) is 0 Å². The predicted octanol–water partition coefficient (Wildman–Crippen LogP) is 0.364. The second kappa shape index (κ2) is 6.19. The molecule has 1 heterocycles. The zero-order chi connectivity index (χ0) is 13.9. The monoisotopic (exact) mass is 289 g/mol. The molecule has 2 rings (SSSR count). The fraction of sp³-hybridized carbons (Fsp3) is 0.917. The number of nitrogens with zero attached hydrogens (tertiary/aromatic N) is 1. The van der Waals surface area contributed by atoms with E-state index in [1.165, 1.54) is 10.7 Å². The Kier molecular flexibility index (Phi) is 4.81. The van der Waals surface area contributed by atoms with E-state index in [0.29, 0.717) is 19.4 Å². The lowest BCUT2D eigenvalue weighted by molar-refractivity contribution is -0.122. The maximum Gasteiger partial charge on any atom is 0.279 e. The van der Waals surface area contributed by atoms with E-state index >= 15 is 0 Å². The molecule has 1 saturated carbocycles. The van der Waals surface area contributed by atoms with Crippen molar-refractivity contribution in [2.75, 3.05) is 13.6 Å². The number of carbonyl (C=O) groups is 1. The molecule has 1 unspecified atom stereocenters. The highest BCUT2D eigenvalue weighted by Gasteiger charge is 2.30. The molecule has 0 aromatic heterocycles. The fourth-order valence-electron chi connectivity index (χ4n) is 2.77. The lowest BCUT2D eigenvalue weighted by Crippen LogP contribution is -2.53. The molecule has 0 aromatic rings. The Morgan fingerprint density at radius 2 is 1.89 bits per heavy atom. The van der Waals surface area contributed by atoms with Gasteiger partial charge in [-0.25, -0.2) is 0 Å². The van der Waals surface area contributed by atoms with Crippen LogP contribution < -0.4 is 10.0 Å². The number of piperidine rings is 1. The van der Waals surface area contributed by atoms with E-state index in [-0.39, 0.29) is 18.0 Å². The van der Waals surface area contributed by atoms with Crippen LogP contribution in [0.2, 0.25) is 0 Å². The minimum absolute atomic E-state index is 0.00363. The summed E-state index contributed by atoms with van der Waals surface area (Å²) in [6.45, 7) is 0.385. The summed E-state index contributed by atoms with van der Waals surface area (Å²) < 4.78 is 28.7. The zero-order valence-corrected chi connectivity index (χ0v) is 12.2. The number of rotatable bonds is 4. The predicted molar refractivity (Wildman–Crippen MR) is 72.7 cm³/mol. The van der Waals surface area contributed by atoms with Crippen LogP contribution >= 0.6 is 0 Å². The first-order chi connectivity index (χ1) is 8.99. The second-order valence-corrected chi connectivity index (χ2v) is 7.23. The molecule has 1 atom stereocenters. The molecule has 7 heteroatoms. The molecule has 2 aliphatic rings. The summed E-state index contributed by atoms with van der Waals surface area (Å²) >= 11 is 0. The first-order valence-corrected chi connectivity index (χ1v) is 8.45. The number of amides is 1. The standard InChI is InChI=1S/C12H23N3O3S/c1-15(11-5-3-2-4-6-11)19(17,18)14-10-7-8-12(16)13-9-10/h10-11,14H,2-9H2,1H3,(H,13,16). The normalized spacial score (nSPS) is 26.4. The Morgan fingerprint density at radius 3 is 2.47 bits per heavy atom. The molecule has 2 N–H and O–H groups in total. The summed E-state index contributed by atoms with van der Waals surface area (Å²) in [5.74, 6) is -0.00363. The van der Waals surface area contributed by atoms with E-state index < -0.39 is 10.2 Å². The third kappa shape index (κ3) is 3.90. The molecular weight excluding hydrogens is 266 g/mol. The SMILES string of the molecule is CN(C1CCCCC1)S(=O)(=O)NC1CCC(=O)NC1. The molecule has 110 valence electrons. The van der Waals surface area contributed by atoms with E-state index in [1.807, 2.05) is 0 Å². The lowest BCUT2D eigenvalue weighted by Gasteiger charge is -2.32. The smallest absolute Gasteiger partial charge is 0.279 e. The fourth-order valence-corrected chi connectivity index (χ4v) is 4.16. The molecular formula is C12H23N3O3S. The summed E-state index contributed by atoms with van der Waals surface area (Å²) in [7, 11) is -1.79. The molecule has 0 radical (unpaired) electrons. The van der Waals surface area contributed by atoms with Crippen LogP contribution in [0.25, 0.3) is 0 Å². The first kappa shape index (κ1) is 14.7. The number of nitrogens with one attached hydrogen (secondary N) is 2. The summed E-state index contributed by atoms with van der Waals surface area (Å²) in [4.78, 5) is 11.1. The molecule has 1 aliphatic heterocycles. The van der Waals surface area contributed by atoms with Crippen molar-refractivity contribution in [3.05, 3.63) is 0 Å². The summed E-state index contributed by atoms with van der Waals surface area (Å²) in [6.07, 6.45) is 6.25. The minimum atomic E-state index is -3.44. The van der Waals surface area contributed by atoms with Gasteiger partial charge >= 0.3 is 0 Å². The second-order valence-electron chi connectivity index (χ2n) is 5.47. The van der Waals surface area contributed by atoms with Crippen molar-refractivity contribution in [3.63, 3.8) is 0 Å². The van der Waals surface area contributed by atoms with Gasteiger partial charge in [0.1, 0.15) is 0 Å². The van der Waals surface area contributed by atoms with Crippen molar-refractivity contribution in [2.45, 2.75) is 57.0 Å². The molecule has 0 spiro atoms. The molecule has 0 aromatic carbocycles. The third-order valence-electron chi connectivity index (χ3n) is 4.05. The lowest BCUT2D eigenvalue weighted by atomic mass is 9.96. The first-order valence-electron chi connectivity index (χ1n) is 7.01. The molecule has 0 bridgehead atoms. The molecule has 6 nitrogen and oxygen atoms in total. The van der Waals surface area contributed by atoms with Crippen LogP contribution in [-0.2, 0) is 15.0 Å². The van der Waals surface area contributed by atoms with Crippen molar-refractivity contribution in [1.82, 2.24) is 14.3 Å². The van der Waals surface area contributed by atoms with Crippen molar-refractivity contribution >= 4 is 16.1 Å². The van der Waals surface area contributed by atoms with Gasteiger partial charge in [-0.3, -0.25) is 4.79 Å². The average Bonchev–Trinajstić information content (AvgIpc) is 2.41. The Hall–Kier alpha value is -0.660. The Labute approximate surface area is 115 Å². The van der Waals surface area contributed by atoms with Gasteiger partial charge in [0.25, 0.3) is 10.2 Å². The molecule has 1 amide bonds. The number of carbonyl (C=O) groups excluding carboxylic acids is 1. The number of hydrogen-bond donors (Lipinski definition) is 2. The van der Waals surface area contributed by atoms with Crippen LogP contribution in [0, 0.1) is 0 Å². The molecule has 19 heavy (non-hydrogen) atoms. The van der Waals surface area contributed by atoms with Gasteiger partial charge in [0, 0.05) is 32.1 Å². The van der Waals surface area contributed by atoms with E-state index in [2.05, 4.69) is 10.0 Å². The third-order valence-corrected chi connectivity index (χ3v) is 5.74. The van der Waals surface area contributed by atoms with Gasteiger partial charge < -0.3 is 5.32 Å². The number of hydrogen-bond acceptors (Lipinski definition) is 3. The van der Waals surface area contributed by atoms with Crippen molar-refractivity contribution < 1.29 is 13.2 Å². The highest BCUT2D eigenvalue weighted by atomic mass is 32.2. The highest BCUT2D eigenvalue weighted by Crippen LogP contribution is 2.23. The topological polar surface area (TPSA) is 78.5 Å². The van der Waals surface area contributed by atoms with E-state index in [0.717, 1.165) is 25.7 Å². The van der Waals surface area contributed by atoms with Gasteiger partial charge in [0.15, 0.2) is 0 Å². The van der Waals surface area contributed by atoms with Crippen molar-refractivity contribution in [3.8, 4) is 0 Å². The molecule has 2 fully saturated rings. The van der Waals surface area contributed by atoms with E-state index in [9.17, 15) is 13.2 Å². The largest absolute Gasteiger partial charge is 0.355 e. The zero-order valence-electron chi connectivity index (χ0n) is 11.4. The van der Waals surface area contributed by atoms with Gasteiger partial charge in [-0.15, -0.1) is 0 Å². The van der Waals surface area contributed by atoms with Crippen molar-refractivity contribution in [2.24, 2.45) is 0 Å². The van der Waals surface area contributed by atoms with Gasteiger partial charge in [-0.1, -0.05) is 19.3 Å². The summed E-state index contributed by atoms with van der Waals surface area (Å²) in [5.41, 5.74) is 0. The quantitative estimate of drug-likeness (QED) is 0.784. The Bertz CT molecular complexity index is 408. The Morgan fingerprint density at radius 1 is 1.21 bits per heavy atom. The molecule has 1 saturated heterocycles. The van der Waals surface area contributed by atoms with E-state index in [1.54, 1.807) is 7.05 Å². The molecule has 1 aliphatic carbocycles. The summed E-state index contributed by atoms with van der Waals surface area (Å²) in [5, 5.41) is 2.69. The van der Waals surface area contributed by atoms with Gasteiger partial charge in [0.05, 0.1) is 0 Å². The minimum Gasteiger partial charge on any atom is -0.355 e. The summed E-state index contributed by atoms with van der Waals surface area (Å²) in [6, 6.07) is -0.0711. The maximum atomic E-state index is 12.3. The van der Waals surface area contributed by atoms with Crippen LogP contribution in [-0.4, -0.2) is 44.3 Å². The van der Waals surface area contributed by atoms with Crippen LogP contribution in [0.4, 0.5) is 0 Å². The van der Waals surface area contributed by atoms with Crippen LogP contribution in [0.5, 0.6) is 0 Å². The van der Waals surface area contributed by atoms with Crippen LogP contribution in [0.3, 0.4) is 0 Å². The van der Waals surface area contributed by atoms with Crippen LogP contribution in [0.15, 0.2) is 0 Å². The van der Waals surface area contributed by atoms with Crippen LogP contribution in [0.1, 0.15) is 44.9 Å². The van der Waals surface area contributed by atoms with Gasteiger partial charge in [-0.05, 0) is 19.3 Å².